The lowest BCUT2D eigenvalue weighted by Gasteiger charge is -2.10. The zero-order valence-electron chi connectivity index (χ0n) is 19.0. The fourth-order valence-electron chi connectivity index (χ4n) is 3.63. The normalized spacial score (nSPS) is 10.7. The molecule has 0 bridgehead atoms. The Bertz CT molecular complexity index is 1380. The average molecular weight is 471 g/mol. The minimum atomic E-state index is -0.369. The topological polar surface area (TPSA) is 130 Å². The number of hydrogen-bond acceptors (Lipinski definition) is 6. The minimum Gasteiger partial charge on any atom is -0.494 e. The molecule has 35 heavy (non-hydrogen) atoms. The van der Waals surface area contributed by atoms with Crippen molar-refractivity contribution in [1.29, 1.82) is 5.41 Å². The lowest BCUT2D eigenvalue weighted by Crippen LogP contribution is -2.30. The van der Waals surface area contributed by atoms with Crippen molar-refractivity contribution in [2.24, 2.45) is 5.84 Å². The molecule has 0 saturated heterocycles. The molecule has 1 aromatic heterocycles. The first kappa shape index (κ1) is 23.7. The molecule has 8 nitrogen and oxygen atoms in total. The highest BCUT2D eigenvalue weighted by Crippen LogP contribution is 2.23. The smallest absolute Gasteiger partial charge is 0.255 e. The first-order valence-corrected chi connectivity index (χ1v) is 11.3. The van der Waals surface area contributed by atoms with Gasteiger partial charge in [-0.25, -0.2) is 5.84 Å². The molecule has 1 amide bonds. The van der Waals surface area contributed by atoms with Gasteiger partial charge in [0.1, 0.15) is 5.75 Å². The second-order valence-corrected chi connectivity index (χ2v) is 7.95. The molecule has 0 spiro atoms. The highest BCUT2D eigenvalue weighted by atomic mass is 16.5. The number of nitrogens with two attached hydrogens (primary N) is 1. The number of rotatable bonds is 9. The summed E-state index contributed by atoms with van der Waals surface area (Å²) in [6.45, 7) is 0.600. The maximum Gasteiger partial charge on any atom is 0.255 e. The van der Waals surface area contributed by atoms with E-state index in [2.05, 4.69) is 22.9 Å². The van der Waals surface area contributed by atoms with Crippen LogP contribution in [0.1, 0.15) is 34.5 Å². The third kappa shape index (κ3) is 5.93. The first-order chi connectivity index (χ1) is 17.0. The molecule has 0 saturated carbocycles. The number of aryl methyl sites for hydroxylation is 1. The zero-order chi connectivity index (χ0) is 24.6. The van der Waals surface area contributed by atoms with Crippen molar-refractivity contribution in [2.45, 2.75) is 19.3 Å². The molecule has 8 heteroatoms. The van der Waals surface area contributed by atoms with Crippen LogP contribution >= 0.6 is 0 Å². The van der Waals surface area contributed by atoms with E-state index in [1.807, 2.05) is 18.2 Å². The second-order valence-electron chi connectivity index (χ2n) is 7.95. The molecule has 4 rings (SSSR count). The predicted octanol–water partition coefficient (Wildman–Crippen LogP) is 4.24. The highest BCUT2D eigenvalue weighted by molar-refractivity contribution is 6.08. The summed E-state index contributed by atoms with van der Waals surface area (Å²) >= 11 is 0. The van der Waals surface area contributed by atoms with E-state index >= 15 is 0 Å². The van der Waals surface area contributed by atoms with E-state index in [0.717, 1.165) is 19.3 Å². The lowest BCUT2D eigenvalue weighted by molar-refractivity contribution is 0.102. The Kier molecular flexibility index (Phi) is 7.54. The average Bonchev–Trinajstić information content (AvgIpc) is 2.89. The number of unbranched alkanes of at least 4 members (excludes halogenated alkanes) is 1. The number of nitrogens with one attached hydrogen (secondary N) is 3. The fraction of sp³-hybridized carbons (Fsp3) is 0.148. The fourth-order valence-corrected chi connectivity index (χ4v) is 3.63. The van der Waals surface area contributed by atoms with E-state index < -0.39 is 0 Å². The van der Waals surface area contributed by atoms with Crippen molar-refractivity contribution in [1.82, 2.24) is 5.43 Å². The van der Waals surface area contributed by atoms with Crippen molar-refractivity contribution in [3.8, 4) is 5.75 Å². The molecule has 0 aliphatic heterocycles. The first-order valence-electron chi connectivity index (χ1n) is 11.3. The van der Waals surface area contributed by atoms with Crippen molar-refractivity contribution >= 4 is 28.4 Å². The van der Waals surface area contributed by atoms with Gasteiger partial charge in [0.25, 0.3) is 5.91 Å². The van der Waals surface area contributed by atoms with Gasteiger partial charge in [0.2, 0.25) is 0 Å². The summed E-state index contributed by atoms with van der Waals surface area (Å²) in [5.74, 6) is 5.30. The number of hydrazine groups is 1. The van der Waals surface area contributed by atoms with Gasteiger partial charge in [-0.15, -0.1) is 0 Å². The van der Waals surface area contributed by atoms with E-state index in [1.165, 1.54) is 11.6 Å². The van der Waals surface area contributed by atoms with Crippen molar-refractivity contribution in [3.63, 3.8) is 0 Å². The minimum absolute atomic E-state index is 0.0306. The van der Waals surface area contributed by atoms with E-state index in [4.69, 9.17) is 20.4 Å². The van der Waals surface area contributed by atoms with Crippen LogP contribution in [0.15, 0.2) is 88.1 Å². The van der Waals surface area contributed by atoms with Crippen LogP contribution in [0.3, 0.4) is 0 Å². The quantitative estimate of drug-likeness (QED) is 0.0952. The molecular weight excluding hydrogens is 444 g/mol. The number of hydrogen-bond donors (Lipinski definition) is 4. The van der Waals surface area contributed by atoms with Gasteiger partial charge in [-0.3, -0.25) is 15.0 Å². The molecule has 0 atom stereocenters. The van der Waals surface area contributed by atoms with Crippen LogP contribution in [0.2, 0.25) is 0 Å². The molecule has 0 fully saturated rings. The van der Waals surface area contributed by atoms with Crippen LogP contribution in [-0.2, 0) is 6.42 Å². The largest absolute Gasteiger partial charge is 0.494 e. The summed E-state index contributed by atoms with van der Waals surface area (Å²) in [5, 5.41) is 10.8. The number of carbonyl (C=O) groups excluding carboxylic acids is 1. The number of carbonyl (C=O) groups is 1. The molecule has 0 aliphatic rings. The van der Waals surface area contributed by atoms with Gasteiger partial charge < -0.3 is 19.9 Å². The highest BCUT2D eigenvalue weighted by Gasteiger charge is 2.14. The maximum absolute atomic E-state index is 12.8. The van der Waals surface area contributed by atoms with Crippen molar-refractivity contribution < 1.29 is 13.9 Å². The molecule has 0 unspecified atom stereocenters. The number of ether oxygens (including phenoxy) is 1. The number of amidine groups is 1. The molecule has 1 heterocycles. The van der Waals surface area contributed by atoms with Crippen LogP contribution in [-0.4, -0.2) is 18.3 Å². The molecule has 0 radical (unpaired) electrons. The Morgan fingerprint density at radius 3 is 2.49 bits per heavy atom. The SMILES string of the molecule is N=C(NN)c1cc(=O)c2cccc(NC(=O)c3ccc(OCCCCc4ccccc4)cc3)c2o1. The Hall–Kier alpha value is -4.43. The standard InChI is InChI=1S/C27H26N4O4/c28-26(31-29)24-17-23(32)21-10-6-11-22(25(21)35-24)30-27(33)19-12-14-20(15-13-19)34-16-5-4-9-18-7-2-1-3-8-18/h1-3,6-8,10-15,17H,4-5,9,16,29H2,(H2,28,31)(H,30,33). The summed E-state index contributed by atoms with van der Waals surface area (Å²) < 4.78 is 11.5. The monoisotopic (exact) mass is 470 g/mol. The molecular formula is C27H26N4O4. The summed E-state index contributed by atoms with van der Waals surface area (Å²) in [4.78, 5) is 25.2. The third-order valence-electron chi connectivity index (χ3n) is 5.48. The number of fused-ring (bicyclic) bond motifs is 1. The third-order valence-corrected chi connectivity index (χ3v) is 5.48. The van der Waals surface area contributed by atoms with Gasteiger partial charge in [-0.2, -0.15) is 0 Å². The van der Waals surface area contributed by atoms with E-state index in [9.17, 15) is 9.59 Å². The van der Waals surface area contributed by atoms with Crippen LogP contribution in [0, 0.1) is 5.41 Å². The number of benzene rings is 3. The Morgan fingerprint density at radius 1 is 0.971 bits per heavy atom. The molecule has 5 N–H and O–H groups in total. The molecule has 178 valence electrons. The van der Waals surface area contributed by atoms with Gasteiger partial charge in [0.15, 0.2) is 22.6 Å². The Morgan fingerprint density at radius 2 is 1.74 bits per heavy atom. The summed E-state index contributed by atoms with van der Waals surface area (Å²) in [6.07, 6.45) is 2.99. The van der Waals surface area contributed by atoms with E-state index in [0.29, 0.717) is 23.6 Å². The van der Waals surface area contributed by atoms with Crippen molar-refractivity contribution in [3.05, 3.63) is 106 Å². The number of para-hydroxylation sites is 1. The van der Waals surface area contributed by atoms with Crippen molar-refractivity contribution in [2.75, 3.05) is 11.9 Å². The molecule has 3 aromatic carbocycles. The van der Waals surface area contributed by atoms with Crippen LogP contribution in [0.25, 0.3) is 11.0 Å². The second kappa shape index (κ2) is 11.1. The Labute approximate surface area is 202 Å². The van der Waals surface area contributed by atoms with Gasteiger partial charge >= 0.3 is 0 Å². The molecule has 0 aliphatic carbocycles. The summed E-state index contributed by atoms with van der Waals surface area (Å²) in [7, 11) is 0. The lowest BCUT2D eigenvalue weighted by atomic mass is 10.1. The Balaban J connectivity index is 1.37. The molecule has 4 aromatic rings. The van der Waals surface area contributed by atoms with Crippen LogP contribution in [0.4, 0.5) is 5.69 Å². The van der Waals surface area contributed by atoms with Crippen LogP contribution < -0.4 is 26.8 Å². The van der Waals surface area contributed by atoms with Gasteiger partial charge in [-0.05, 0) is 61.2 Å². The maximum atomic E-state index is 12.8. The van der Waals surface area contributed by atoms with Gasteiger partial charge in [0, 0.05) is 11.6 Å². The summed E-state index contributed by atoms with van der Waals surface area (Å²) in [6, 6.07) is 23.2. The van der Waals surface area contributed by atoms with Gasteiger partial charge in [-0.1, -0.05) is 36.4 Å². The van der Waals surface area contributed by atoms with E-state index in [1.54, 1.807) is 42.5 Å². The van der Waals surface area contributed by atoms with Crippen LogP contribution in [0.5, 0.6) is 5.75 Å². The predicted molar refractivity (Wildman–Crippen MR) is 136 cm³/mol. The van der Waals surface area contributed by atoms with E-state index in [-0.39, 0.29) is 33.9 Å². The summed E-state index contributed by atoms with van der Waals surface area (Å²) in [5.41, 5.74) is 4.02. The van der Waals surface area contributed by atoms with Gasteiger partial charge in [0.05, 0.1) is 17.7 Å². The number of anilines is 1. The zero-order valence-corrected chi connectivity index (χ0v) is 19.0. The number of amides is 1.